The largest absolute Gasteiger partial charge is 0.456 e. The summed E-state index contributed by atoms with van der Waals surface area (Å²) in [6.07, 6.45) is 0. The van der Waals surface area contributed by atoms with Crippen molar-refractivity contribution in [3.05, 3.63) is 115 Å². The highest BCUT2D eigenvalue weighted by molar-refractivity contribution is 7.26. The van der Waals surface area contributed by atoms with E-state index in [-0.39, 0.29) is 0 Å². The second kappa shape index (κ2) is 7.68. The predicted octanol–water partition coefficient (Wildman–Crippen LogP) is 10.0. The first-order chi connectivity index (χ1) is 20.3. The second-order valence-electron chi connectivity index (χ2n) is 10.6. The molecule has 0 atom stereocenters. The third-order valence-corrected chi connectivity index (χ3v) is 9.59. The first-order valence-electron chi connectivity index (χ1n) is 13.7. The third-order valence-electron chi connectivity index (χ3n) is 8.40. The van der Waals surface area contributed by atoms with Gasteiger partial charge in [-0.1, -0.05) is 78.9 Å². The molecule has 1 aliphatic heterocycles. The molecule has 0 unspecified atom stereocenters. The number of hydrogen-bond acceptors (Lipinski definition) is 4. The fraction of sp³-hybridized carbons (Fsp3) is 0. The van der Waals surface area contributed by atoms with Crippen LogP contribution in [0.15, 0.2) is 115 Å². The summed E-state index contributed by atoms with van der Waals surface area (Å²) < 4.78 is 11.1. The molecule has 4 nitrogen and oxygen atoms in total. The van der Waals surface area contributed by atoms with E-state index in [4.69, 9.17) is 14.7 Å². The molecule has 0 saturated carbocycles. The van der Waals surface area contributed by atoms with Gasteiger partial charge in [0.1, 0.15) is 11.5 Å². The van der Waals surface area contributed by atoms with E-state index in [1.807, 2.05) is 41.7 Å². The number of nitrogens with zero attached hydrogens (tertiary/aromatic N) is 3. The highest BCUT2D eigenvalue weighted by atomic mass is 32.1. The molecular formula is C36H19N3OS. The van der Waals surface area contributed by atoms with E-state index in [1.165, 1.54) is 41.7 Å². The van der Waals surface area contributed by atoms with Crippen LogP contribution < -0.4 is 4.74 Å². The third kappa shape index (κ3) is 2.78. The molecule has 190 valence electrons. The van der Waals surface area contributed by atoms with Crippen LogP contribution >= 0.6 is 11.3 Å². The van der Waals surface area contributed by atoms with Gasteiger partial charge in [0.05, 0.1) is 32.3 Å². The van der Waals surface area contributed by atoms with Crippen LogP contribution in [0.4, 0.5) is 0 Å². The lowest BCUT2D eigenvalue weighted by atomic mass is 10.0. The number of aromatic nitrogens is 3. The van der Waals surface area contributed by atoms with Crippen molar-refractivity contribution >= 4 is 75.0 Å². The summed E-state index contributed by atoms with van der Waals surface area (Å²) in [7, 11) is 0. The van der Waals surface area contributed by atoms with Gasteiger partial charge in [0.2, 0.25) is 5.95 Å². The molecule has 0 bridgehead atoms. The van der Waals surface area contributed by atoms with Crippen LogP contribution in [-0.4, -0.2) is 14.5 Å². The van der Waals surface area contributed by atoms with Gasteiger partial charge in [-0.05, 0) is 47.2 Å². The van der Waals surface area contributed by atoms with Crippen molar-refractivity contribution in [1.82, 2.24) is 14.5 Å². The van der Waals surface area contributed by atoms with E-state index >= 15 is 0 Å². The van der Waals surface area contributed by atoms with Gasteiger partial charge in [-0.2, -0.15) is 0 Å². The van der Waals surface area contributed by atoms with E-state index in [9.17, 15) is 0 Å². The van der Waals surface area contributed by atoms with Gasteiger partial charge in [0, 0.05) is 31.8 Å². The van der Waals surface area contributed by atoms with Crippen molar-refractivity contribution in [2.45, 2.75) is 0 Å². The molecule has 0 aliphatic carbocycles. The van der Waals surface area contributed by atoms with E-state index in [2.05, 4.69) is 89.5 Å². The Morgan fingerprint density at radius 3 is 2.37 bits per heavy atom. The zero-order valence-electron chi connectivity index (χ0n) is 21.6. The molecule has 6 aromatic carbocycles. The van der Waals surface area contributed by atoms with E-state index in [0.717, 1.165) is 44.7 Å². The Kier molecular flexibility index (Phi) is 4.04. The fourth-order valence-corrected chi connectivity index (χ4v) is 7.89. The van der Waals surface area contributed by atoms with Crippen molar-refractivity contribution in [2.24, 2.45) is 0 Å². The van der Waals surface area contributed by atoms with Gasteiger partial charge in [0.15, 0.2) is 0 Å². The molecule has 5 heteroatoms. The number of benzene rings is 6. The van der Waals surface area contributed by atoms with Crippen LogP contribution in [0.5, 0.6) is 11.5 Å². The fourth-order valence-electron chi connectivity index (χ4n) is 6.65. The number of hydrogen-bond donors (Lipinski definition) is 0. The molecular weight excluding hydrogens is 522 g/mol. The quantitative estimate of drug-likeness (QED) is 0.208. The predicted molar refractivity (Wildman–Crippen MR) is 170 cm³/mol. The zero-order chi connectivity index (χ0) is 26.7. The molecule has 9 aromatic rings. The van der Waals surface area contributed by atoms with E-state index in [0.29, 0.717) is 5.95 Å². The first kappa shape index (κ1) is 21.5. The highest BCUT2D eigenvalue weighted by Crippen LogP contribution is 2.47. The molecule has 0 saturated heterocycles. The Balaban J connectivity index is 1.43. The molecule has 4 heterocycles. The van der Waals surface area contributed by atoms with Crippen molar-refractivity contribution in [1.29, 1.82) is 0 Å². The standard InChI is InChI=1S/C36H19N3OS/c1-2-9-21-20(8-1)16-19-27-31(21)25-18-17-23-22-10-4-6-15-30(22)41-35(23)34(25)39(27)36-37-26-12-7-14-29-32(26)33(38-36)24-11-3-5-13-28(24)40-29/h1-19H. The van der Waals surface area contributed by atoms with Crippen LogP contribution in [0.2, 0.25) is 0 Å². The van der Waals surface area contributed by atoms with Crippen LogP contribution in [0.25, 0.3) is 80.9 Å². The van der Waals surface area contributed by atoms with Gasteiger partial charge in [0.25, 0.3) is 0 Å². The Hall–Kier alpha value is -5.26. The molecule has 41 heavy (non-hydrogen) atoms. The second-order valence-corrected chi connectivity index (χ2v) is 11.6. The maximum Gasteiger partial charge on any atom is 0.235 e. The van der Waals surface area contributed by atoms with Crippen LogP contribution in [0.3, 0.4) is 0 Å². The number of ether oxygens (including phenoxy) is 1. The highest BCUT2D eigenvalue weighted by Gasteiger charge is 2.25. The van der Waals surface area contributed by atoms with E-state index in [1.54, 1.807) is 0 Å². The van der Waals surface area contributed by atoms with Gasteiger partial charge in [-0.15, -0.1) is 11.3 Å². The Labute approximate surface area is 237 Å². The molecule has 10 rings (SSSR count). The lowest BCUT2D eigenvalue weighted by Crippen LogP contribution is -2.06. The molecule has 0 N–H and O–H groups in total. The maximum absolute atomic E-state index is 6.27. The summed E-state index contributed by atoms with van der Waals surface area (Å²) in [6, 6.07) is 40.5. The number of fused-ring (bicyclic) bond motifs is 11. The smallest absolute Gasteiger partial charge is 0.235 e. The Morgan fingerprint density at radius 2 is 1.39 bits per heavy atom. The molecule has 0 amide bonds. The summed E-state index contributed by atoms with van der Waals surface area (Å²) in [4.78, 5) is 10.5. The molecule has 0 radical (unpaired) electrons. The molecule has 0 spiro atoms. The topological polar surface area (TPSA) is 39.9 Å². The van der Waals surface area contributed by atoms with Crippen LogP contribution in [-0.2, 0) is 0 Å². The van der Waals surface area contributed by atoms with Gasteiger partial charge in [-0.3, -0.25) is 4.57 Å². The lowest BCUT2D eigenvalue weighted by Gasteiger charge is -2.21. The van der Waals surface area contributed by atoms with Crippen LogP contribution in [0, 0.1) is 0 Å². The van der Waals surface area contributed by atoms with Gasteiger partial charge >= 0.3 is 0 Å². The Morgan fingerprint density at radius 1 is 0.585 bits per heavy atom. The Bertz CT molecular complexity index is 2580. The summed E-state index contributed by atoms with van der Waals surface area (Å²) in [5.74, 6) is 2.28. The minimum absolute atomic E-state index is 0.668. The van der Waals surface area contributed by atoms with Crippen molar-refractivity contribution in [3.8, 4) is 28.7 Å². The average Bonchev–Trinajstić information content (AvgIpc) is 3.57. The number of rotatable bonds is 1. The summed E-state index contributed by atoms with van der Waals surface area (Å²) >= 11 is 1.84. The summed E-state index contributed by atoms with van der Waals surface area (Å²) in [5.41, 5.74) is 5.01. The van der Waals surface area contributed by atoms with Crippen LogP contribution in [0.1, 0.15) is 0 Å². The zero-order valence-corrected chi connectivity index (χ0v) is 22.4. The van der Waals surface area contributed by atoms with Crippen molar-refractivity contribution in [3.63, 3.8) is 0 Å². The minimum atomic E-state index is 0.668. The average molecular weight is 542 g/mol. The number of para-hydroxylation sites is 1. The van der Waals surface area contributed by atoms with E-state index < -0.39 is 0 Å². The maximum atomic E-state index is 6.27. The normalized spacial score (nSPS) is 12.6. The first-order valence-corrected chi connectivity index (χ1v) is 14.5. The summed E-state index contributed by atoms with van der Waals surface area (Å²) in [5, 5.41) is 8.39. The molecule has 3 aromatic heterocycles. The van der Waals surface area contributed by atoms with Gasteiger partial charge in [-0.25, -0.2) is 9.97 Å². The van der Waals surface area contributed by atoms with Crippen molar-refractivity contribution in [2.75, 3.05) is 0 Å². The molecule has 1 aliphatic rings. The summed E-state index contributed by atoms with van der Waals surface area (Å²) in [6.45, 7) is 0. The molecule has 0 fully saturated rings. The van der Waals surface area contributed by atoms with Gasteiger partial charge < -0.3 is 4.74 Å². The number of thiophene rings is 1. The SMILES string of the molecule is c1ccc2c(c1)Oc1cccc3nc(-n4c5ccc6ccccc6c5c5ccc6c7ccccc7sc6c54)nc-2c13. The van der Waals surface area contributed by atoms with Crippen molar-refractivity contribution < 1.29 is 4.74 Å². The monoisotopic (exact) mass is 541 g/mol. The minimum Gasteiger partial charge on any atom is -0.456 e. The lowest BCUT2D eigenvalue weighted by molar-refractivity contribution is 0.486.